The van der Waals surface area contributed by atoms with Gasteiger partial charge in [0.15, 0.2) is 5.82 Å². The van der Waals surface area contributed by atoms with Crippen LogP contribution in [0.5, 0.6) is 0 Å². The van der Waals surface area contributed by atoms with Crippen LogP contribution in [0.2, 0.25) is 0 Å². The number of hydrogen-bond acceptors (Lipinski definition) is 5. The van der Waals surface area contributed by atoms with Gasteiger partial charge in [0.1, 0.15) is 5.69 Å². The van der Waals surface area contributed by atoms with Crippen molar-refractivity contribution in [2.45, 2.75) is 6.92 Å². The average molecular weight is 291 g/mol. The third-order valence-corrected chi connectivity index (χ3v) is 2.94. The fourth-order valence-electron chi connectivity index (χ4n) is 2.03. The van der Waals surface area contributed by atoms with Crippen molar-refractivity contribution in [2.24, 2.45) is 0 Å². The molecule has 22 heavy (non-hydrogen) atoms. The summed E-state index contributed by atoms with van der Waals surface area (Å²) in [6, 6.07) is 9.28. The minimum Gasteiger partial charge on any atom is -0.310 e. The van der Waals surface area contributed by atoms with Crippen LogP contribution < -0.4 is 5.32 Å². The lowest BCUT2D eigenvalue weighted by atomic mass is 10.1. The molecule has 0 saturated heterocycles. The lowest BCUT2D eigenvalue weighted by Gasteiger charge is -2.09. The molecule has 1 amide bonds. The molecular weight excluding hydrogens is 278 g/mol. The second-order valence-corrected chi connectivity index (χ2v) is 4.58. The van der Waals surface area contributed by atoms with Crippen LogP contribution in [-0.4, -0.2) is 25.8 Å². The number of nitrogens with one attached hydrogen (secondary N) is 1. The summed E-state index contributed by atoms with van der Waals surface area (Å²) in [5.41, 5.74) is 2.87. The van der Waals surface area contributed by atoms with E-state index in [9.17, 15) is 4.79 Å². The van der Waals surface area contributed by atoms with Gasteiger partial charge in [-0.3, -0.25) is 19.7 Å². The maximum Gasteiger partial charge on any atom is 0.222 e. The number of carbonyl (C=O) groups is 1. The van der Waals surface area contributed by atoms with Crippen molar-refractivity contribution in [3.63, 3.8) is 0 Å². The zero-order valence-electron chi connectivity index (χ0n) is 11.9. The Labute approximate surface area is 127 Å². The Hall–Kier alpha value is -3.15. The van der Waals surface area contributed by atoms with Crippen LogP contribution in [0.15, 0.2) is 55.1 Å². The van der Waals surface area contributed by atoms with E-state index in [1.165, 1.54) is 13.1 Å². The molecule has 108 valence electrons. The number of carbonyl (C=O) groups excluding carboxylic acids is 1. The van der Waals surface area contributed by atoms with Crippen LogP contribution >= 0.6 is 0 Å². The van der Waals surface area contributed by atoms with E-state index in [0.29, 0.717) is 22.9 Å². The van der Waals surface area contributed by atoms with E-state index in [1.807, 2.05) is 30.3 Å². The number of rotatable bonds is 3. The Bertz CT molecular complexity index is 790. The summed E-state index contributed by atoms with van der Waals surface area (Å²) in [7, 11) is 0. The zero-order chi connectivity index (χ0) is 15.4. The highest BCUT2D eigenvalue weighted by molar-refractivity contribution is 5.88. The van der Waals surface area contributed by atoms with E-state index in [0.717, 1.165) is 5.56 Å². The van der Waals surface area contributed by atoms with Crippen LogP contribution in [0.3, 0.4) is 0 Å². The third-order valence-electron chi connectivity index (χ3n) is 2.94. The molecule has 0 spiro atoms. The van der Waals surface area contributed by atoms with Crippen molar-refractivity contribution in [3.8, 4) is 22.6 Å². The molecule has 3 rings (SSSR count). The van der Waals surface area contributed by atoms with Gasteiger partial charge in [0.25, 0.3) is 0 Å². The Balaban J connectivity index is 2.15. The van der Waals surface area contributed by atoms with Crippen molar-refractivity contribution in [3.05, 3.63) is 55.1 Å². The molecule has 0 aliphatic rings. The molecule has 0 aliphatic heterocycles. The molecule has 0 fully saturated rings. The van der Waals surface area contributed by atoms with Crippen LogP contribution in [0, 0.1) is 0 Å². The van der Waals surface area contributed by atoms with Gasteiger partial charge in [0, 0.05) is 31.1 Å². The molecule has 3 aromatic rings. The molecule has 1 N–H and O–H groups in total. The summed E-state index contributed by atoms with van der Waals surface area (Å²) in [5, 5.41) is 2.64. The first-order valence-corrected chi connectivity index (χ1v) is 6.70. The summed E-state index contributed by atoms with van der Waals surface area (Å²) in [6.45, 7) is 1.43. The van der Waals surface area contributed by atoms with Crippen molar-refractivity contribution in [1.29, 1.82) is 0 Å². The van der Waals surface area contributed by atoms with E-state index in [1.54, 1.807) is 18.6 Å². The molecule has 0 aliphatic carbocycles. The highest BCUT2D eigenvalue weighted by Crippen LogP contribution is 2.27. The minimum atomic E-state index is -0.196. The molecular formula is C16H13N5O. The van der Waals surface area contributed by atoms with Gasteiger partial charge in [-0.25, -0.2) is 4.98 Å². The summed E-state index contributed by atoms with van der Waals surface area (Å²) < 4.78 is 0. The van der Waals surface area contributed by atoms with Crippen molar-refractivity contribution in [1.82, 2.24) is 19.9 Å². The molecule has 0 radical (unpaired) electrons. The zero-order valence-corrected chi connectivity index (χ0v) is 11.9. The second-order valence-electron chi connectivity index (χ2n) is 4.58. The first kappa shape index (κ1) is 13.8. The Morgan fingerprint density at radius 2 is 1.82 bits per heavy atom. The number of pyridine rings is 2. The molecule has 0 saturated carbocycles. The van der Waals surface area contributed by atoms with Gasteiger partial charge in [-0.2, -0.15) is 0 Å². The van der Waals surface area contributed by atoms with Gasteiger partial charge < -0.3 is 5.32 Å². The fourth-order valence-corrected chi connectivity index (χ4v) is 2.03. The first-order chi connectivity index (χ1) is 10.7. The topological polar surface area (TPSA) is 80.7 Å². The van der Waals surface area contributed by atoms with Crippen LogP contribution in [0.1, 0.15) is 6.92 Å². The summed E-state index contributed by atoms with van der Waals surface area (Å²) in [5.74, 6) is 0.198. The van der Waals surface area contributed by atoms with E-state index in [-0.39, 0.29) is 5.91 Å². The van der Waals surface area contributed by atoms with Gasteiger partial charge >= 0.3 is 0 Å². The largest absolute Gasteiger partial charge is 0.310 e. The quantitative estimate of drug-likeness (QED) is 0.802. The third kappa shape index (κ3) is 2.95. The van der Waals surface area contributed by atoms with Gasteiger partial charge in [0.05, 0.1) is 17.6 Å². The summed E-state index contributed by atoms with van der Waals surface area (Å²) in [4.78, 5) is 28.5. The molecule has 0 aromatic carbocycles. The maximum absolute atomic E-state index is 11.2. The standard InChI is InChI=1S/C16H13N5O/c1-11(22)20-14-10-19-15(12-5-8-17-9-6-12)16(21-14)13-4-2-3-7-18-13/h2-10H,1H3,(H,20,21,22). The normalized spacial score (nSPS) is 10.2. The average Bonchev–Trinajstić information content (AvgIpc) is 2.56. The molecule has 6 nitrogen and oxygen atoms in total. The predicted molar refractivity (Wildman–Crippen MR) is 82.8 cm³/mol. The lowest BCUT2D eigenvalue weighted by molar-refractivity contribution is -0.114. The number of nitrogens with zero attached hydrogens (tertiary/aromatic N) is 4. The SMILES string of the molecule is CC(=O)Nc1cnc(-c2ccncc2)c(-c2ccccn2)n1. The Morgan fingerprint density at radius 1 is 1.00 bits per heavy atom. The molecule has 0 bridgehead atoms. The van der Waals surface area contributed by atoms with E-state index < -0.39 is 0 Å². The number of anilines is 1. The van der Waals surface area contributed by atoms with Crippen LogP contribution in [0.4, 0.5) is 5.82 Å². The molecule has 3 aromatic heterocycles. The monoisotopic (exact) mass is 291 g/mol. The number of hydrogen-bond donors (Lipinski definition) is 1. The molecule has 6 heteroatoms. The number of aromatic nitrogens is 4. The van der Waals surface area contributed by atoms with E-state index >= 15 is 0 Å². The fraction of sp³-hybridized carbons (Fsp3) is 0.0625. The van der Waals surface area contributed by atoms with Crippen molar-refractivity contribution in [2.75, 3.05) is 5.32 Å². The predicted octanol–water partition coefficient (Wildman–Crippen LogP) is 2.56. The first-order valence-electron chi connectivity index (χ1n) is 6.70. The maximum atomic E-state index is 11.2. The van der Waals surface area contributed by atoms with E-state index in [2.05, 4.69) is 25.3 Å². The highest BCUT2D eigenvalue weighted by atomic mass is 16.1. The van der Waals surface area contributed by atoms with Gasteiger partial charge in [-0.05, 0) is 24.3 Å². The van der Waals surface area contributed by atoms with Gasteiger partial charge in [-0.15, -0.1) is 0 Å². The molecule has 0 unspecified atom stereocenters. The van der Waals surface area contributed by atoms with E-state index in [4.69, 9.17) is 0 Å². The minimum absolute atomic E-state index is 0.196. The summed E-state index contributed by atoms with van der Waals surface area (Å²) in [6.07, 6.45) is 6.61. The van der Waals surface area contributed by atoms with Crippen LogP contribution in [0.25, 0.3) is 22.6 Å². The van der Waals surface area contributed by atoms with Crippen molar-refractivity contribution >= 4 is 11.7 Å². The van der Waals surface area contributed by atoms with Crippen molar-refractivity contribution < 1.29 is 4.79 Å². The Morgan fingerprint density at radius 3 is 2.50 bits per heavy atom. The smallest absolute Gasteiger partial charge is 0.222 e. The number of amides is 1. The van der Waals surface area contributed by atoms with Crippen LogP contribution in [-0.2, 0) is 4.79 Å². The Kier molecular flexibility index (Phi) is 3.82. The van der Waals surface area contributed by atoms with Gasteiger partial charge in [-0.1, -0.05) is 6.07 Å². The molecule has 3 heterocycles. The second kappa shape index (κ2) is 6.09. The highest BCUT2D eigenvalue weighted by Gasteiger charge is 2.13. The summed E-state index contributed by atoms with van der Waals surface area (Å²) >= 11 is 0. The molecule has 0 atom stereocenters. The van der Waals surface area contributed by atoms with Gasteiger partial charge in [0.2, 0.25) is 5.91 Å². The lowest BCUT2D eigenvalue weighted by Crippen LogP contribution is -2.09.